The summed E-state index contributed by atoms with van der Waals surface area (Å²) in [4.78, 5) is 49.9. The maximum absolute atomic E-state index is 11.7. The van der Waals surface area contributed by atoms with Crippen LogP contribution in [0.1, 0.15) is 37.4 Å². The van der Waals surface area contributed by atoms with E-state index in [2.05, 4.69) is 15.3 Å². The molecule has 0 aliphatic rings. The van der Waals surface area contributed by atoms with Crippen LogP contribution < -0.4 is 16.6 Å². The number of carboxylic acids is 1. The van der Waals surface area contributed by atoms with E-state index >= 15 is 0 Å². The zero-order valence-electron chi connectivity index (χ0n) is 12.0. The molecular weight excluding hydrogens is 278 g/mol. The van der Waals surface area contributed by atoms with Gasteiger partial charge in [-0.15, -0.1) is 0 Å². The predicted octanol–water partition coefficient (Wildman–Crippen LogP) is -0.326. The molecule has 1 amide bonds. The third-order valence-corrected chi connectivity index (χ3v) is 3.07. The molecule has 1 atom stereocenters. The van der Waals surface area contributed by atoms with Crippen LogP contribution in [0.15, 0.2) is 9.59 Å². The molecule has 116 valence electrons. The number of nitrogens with one attached hydrogen (secondary N) is 3. The van der Waals surface area contributed by atoms with E-state index in [0.717, 1.165) is 0 Å². The highest BCUT2D eigenvalue weighted by atomic mass is 16.4. The molecule has 21 heavy (non-hydrogen) atoms. The number of aryl methyl sites for hydroxylation is 1. The molecule has 1 unspecified atom stereocenters. The lowest BCUT2D eigenvalue weighted by molar-refractivity contribution is -0.142. The van der Waals surface area contributed by atoms with Gasteiger partial charge in [-0.2, -0.15) is 0 Å². The lowest BCUT2D eigenvalue weighted by Gasteiger charge is -2.13. The molecule has 0 saturated heterocycles. The fourth-order valence-electron chi connectivity index (χ4n) is 1.98. The highest BCUT2D eigenvalue weighted by molar-refractivity contribution is 5.83. The number of carboxylic acid groups (broad SMARTS) is 1. The molecule has 0 fully saturated rings. The molecule has 0 saturated carbocycles. The van der Waals surface area contributed by atoms with Crippen LogP contribution in [0.2, 0.25) is 0 Å². The number of hydrogen-bond acceptors (Lipinski definition) is 4. The van der Waals surface area contributed by atoms with Crippen molar-refractivity contribution in [3.05, 3.63) is 32.1 Å². The summed E-state index contributed by atoms with van der Waals surface area (Å²) in [5, 5.41) is 11.4. The van der Waals surface area contributed by atoms with Crippen molar-refractivity contribution in [3.63, 3.8) is 0 Å². The maximum Gasteiger partial charge on any atom is 0.326 e. The standard InChI is InChI=1S/C13H19N3O5/c1-3-4-9(12(19)20)15-10(17)6-5-8-7(2)14-13(21)16-11(8)18/h9H,3-6H2,1-2H3,(H,15,17)(H,19,20)(H2,14,16,18,21). The molecule has 0 spiro atoms. The zero-order chi connectivity index (χ0) is 16.0. The number of aromatic amines is 2. The van der Waals surface area contributed by atoms with Gasteiger partial charge in [0.1, 0.15) is 6.04 Å². The SMILES string of the molecule is CCCC(NC(=O)CCc1c(C)[nH]c(=O)[nH]c1=O)C(=O)O. The highest BCUT2D eigenvalue weighted by Crippen LogP contribution is 2.02. The van der Waals surface area contributed by atoms with Gasteiger partial charge in [-0.25, -0.2) is 9.59 Å². The van der Waals surface area contributed by atoms with Gasteiger partial charge in [0.05, 0.1) is 0 Å². The molecule has 0 aliphatic carbocycles. The summed E-state index contributed by atoms with van der Waals surface area (Å²) in [5.41, 5.74) is -0.418. The van der Waals surface area contributed by atoms with Crippen LogP contribution in [0, 0.1) is 6.92 Å². The molecule has 1 aromatic heterocycles. The fraction of sp³-hybridized carbons (Fsp3) is 0.538. The van der Waals surface area contributed by atoms with Crippen molar-refractivity contribution in [2.24, 2.45) is 0 Å². The molecule has 1 rings (SSSR count). The first-order chi connectivity index (χ1) is 9.85. The smallest absolute Gasteiger partial charge is 0.326 e. The Hall–Kier alpha value is -2.38. The van der Waals surface area contributed by atoms with Gasteiger partial charge in [0.15, 0.2) is 0 Å². The number of aromatic nitrogens is 2. The molecule has 0 bridgehead atoms. The molecule has 8 heteroatoms. The quantitative estimate of drug-likeness (QED) is 0.547. The van der Waals surface area contributed by atoms with Crippen LogP contribution in [0.4, 0.5) is 0 Å². The van der Waals surface area contributed by atoms with E-state index in [-0.39, 0.29) is 12.8 Å². The van der Waals surface area contributed by atoms with Crippen molar-refractivity contribution in [2.75, 3.05) is 0 Å². The van der Waals surface area contributed by atoms with E-state index in [1.165, 1.54) is 0 Å². The van der Waals surface area contributed by atoms with Crippen molar-refractivity contribution in [1.82, 2.24) is 15.3 Å². The number of carbonyl (C=O) groups excluding carboxylic acids is 1. The van der Waals surface area contributed by atoms with E-state index in [1.807, 2.05) is 6.92 Å². The lowest BCUT2D eigenvalue weighted by Crippen LogP contribution is -2.41. The Kier molecular flexibility index (Phi) is 5.89. The summed E-state index contributed by atoms with van der Waals surface area (Å²) < 4.78 is 0. The van der Waals surface area contributed by atoms with Gasteiger partial charge in [-0.1, -0.05) is 13.3 Å². The fourth-order valence-corrected chi connectivity index (χ4v) is 1.98. The Morgan fingerprint density at radius 3 is 2.48 bits per heavy atom. The average molecular weight is 297 g/mol. The number of H-pyrrole nitrogens is 2. The monoisotopic (exact) mass is 297 g/mol. The summed E-state index contributed by atoms with van der Waals surface area (Å²) in [6, 6.07) is -0.919. The molecule has 1 aromatic rings. The number of carbonyl (C=O) groups is 2. The van der Waals surface area contributed by atoms with Gasteiger partial charge >= 0.3 is 11.7 Å². The van der Waals surface area contributed by atoms with Crippen molar-refractivity contribution >= 4 is 11.9 Å². The Labute approximate surface area is 120 Å². The van der Waals surface area contributed by atoms with Crippen LogP contribution in [0.3, 0.4) is 0 Å². The first kappa shape index (κ1) is 16.7. The Morgan fingerprint density at radius 2 is 1.95 bits per heavy atom. The van der Waals surface area contributed by atoms with Crippen LogP contribution in [-0.4, -0.2) is 33.0 Å². The van der Waals surface area contributed by atoms with Gasteiger partial charge in [0.25, 0.3) is 5.56 Å². The zero-order valence-corrected chi connectivity index (χ0v) is 12.0. The second-order valence-corrected chi connectivity index (χ2v) is 4.76. The van der Waals surface area contributed by atoms with Crippen LogP contribution in [0.25, 0.3) is 0 Å². The van der Waals surface area contributed by atoms with Crippen molar-refractivity contribution in [3.8, 4) is 0 Å². The molecule has 0 radical (unpaired) electrons. The van der Waals surface area contributed by atoms with Crippen LogP contribution >= 0.6 is 0 Å². The van der Waals surface area contributed by atoms with Crippen LogP contribution in [0.5, 0.6) is 0 Å². The number of hydrogen-bond donors (Lipinski definition) is 4. The summed E-state index contributed by atoms with van der Waals surface area (Å²) in [7, 11) is 0. The largest absolute Gasteiger partial charge is 0.480 e. The molecule has 8 nitrogen and oxygen atoms in total. The van der Waals surface area contributed by atoms with Crippen molar-refractivity contribution in [2.45, 2.75) is 45.6 Å². The van der Waals surface area contributed by atoms with Gasteiger partial charge in [0, 0.05) is 17.7 Å². The minimum absolute atomic E-state index is 0.0243. The number of amides is 1. The molecule has 0 aromatic carbocycles. The second kappa shape index (κ2) is 7.41. The molecule has 4 N–H and O–H groups in total. The average Bonchev–Trinajstić information content (AvgIpc) is 2.36. The minimum Gasteiger partial charge on any atom is -0.480 e. The Bertz CT molecular complexity index is 631. The molecule has 0 aliphatic heterocycles. The third-order valence-electron chi connectivity index (χ3n) is 3.07. The van der Waals surface area contributed by atoms with Crippen molar-refractivity contribution in [1.29, 1.82) is 0 Å². The van der Waals surface area contributed by atoms with Crippen LogP contribution in [-0.2, 0) is 16.0 Å². The first-order valence-corrected chi connectivity index (χ1v) is 6.69. The van der Waals surface area contributed by atoms with E-state index in [4.69, 9.17) is 5.11 Å². The summed E-state index contributed by atoms with van der Waals surface area (Å²) >= 11 is 0. The van der Waals surface area contributed by atoms with Crippen molar-refractivity contribution < 1.29 is 14.7 Å². The van der Waals surface area contributed by atoms with Gasteiger partial charge in [0.2, 0.25) is 5.91 Å². The Balaban J connectivity index is 2.67. The minimum atomic E-state index is -1.08. The summed E-state index contributed by atoms with van der Waals surface area (Å²) in [6.07, 6.45) is 1.08. The van der Waals surface area contributed by atoms with Gasteiger partial charge in [-0.3, -0.25) is 14.6 Å². The second-order valence-electron chi connectivity index (χ2n) is 4.76. The van der Waals surface area contributed by atoms with Gasteiger partial charge < -0.3 is 15.4 Å². The lowest BCUT2D eigenvalue weighted by atomic mass is 10.1. The predicted molar refractivity (Wildman–Crippen MR) is 75.2 cm³/mol. The highest BCUT2D eigenvalue weighted by Gasteiger charge is 2.19. The summed E-state index contributed by atoms with van der Waals surface area (Å²) in [5.74, 6) is -1.52. The van der Waals surface area contributed by atoms with Gasteiger partial charge in [-0.05, 0) is 19.8 Å². The number of rotatable bonds is 7. The number of aliphatic carboxylic acids is 1. The normalized spacial score (nSPS) is 11.9. The Morgan fingerprint density at radius 1 is 1.29 bits per heavy atom. The maximum atomic E-state index is 11.7. The van der Waals surface area contributed by atoms with E-state index in [0.29, 0.717) is 24.1 Å². The van der Waals surface area contributed by atoms with E-state index in [9.17, 15) is 19.2 Å². The topological polar surface area (TPSA) is 132 Å². The molecule has 1 heterocycles. The first-order valence-electron chi connectivity index (χ1n) is 6.69. The third kappa shape index (κ3) is 4.90. The molecular formula is C13H19N3O5. The van der Waals surface area contributed by atoms with E-state index < -0.39 is 29.2 Å². The van der Waals surface area contributed by atoms with E-state index in [1.54, 1.807) is 6.92 Å². The summed E-state index contributed by atoms with van der Waals surface area (Å²) in [6.45, 7) is 3.40.